The average Bonchev–Trinajstić information content (AvgIpc) is 2.85. The van der Waals surface area contributed by atoms with Crippen LogP contribution in [-0.4, -0.2) is 15.0 Å². The lowest BCUT2D eigenvalue weighted by molar-refractivity contribution is 0.579. The first-order chi connectivity index (χ1) is 6.58. The number of sulfonamides is 1. The fourth-order valence-electron chi connectivity index (χ4n) is 1.09. The van der Waals surface area contributed by atoms with Crippen LogP contribution in [0.1, 0.15) is 12.8 Å². The molecule has 0 unspecified atom stereocenters. The van der Waals surface area contributed by atoms with E-state index in [0.29, 0.717) is 22.4 Å². The first kappa shape index (κ1) is 9.95. The lowest BCUT2D eigenvalue weighted by Crippen LogP contribution is -2.25. The first-order valence-electron chi connectivity index (χ1n) is 4.41. The molecule has 0 radical (unpaired) electrons. The van der Waals surface area contributed by atoms with E-state index in [2.05, 4.69) is 4.72 Å². The van der Waals surface area contributed by atoms with Gasteiger partial charge < -0.3 is 5.73 Å². The Labute approximate surface area is 87.2 Å². The highest BCUT2D eigenvalue weighted by Gasteiger charge is 2.24. The Morgan fingerprint density at radius 1 is 1.57 bits per heavy atom. The predicted octanol–water partition coefficient (Wildman–Crippen LogP) is 1.02. The number of hydrogen-bond acceptors (Lipinski definition) is 4. The highest BCUT2D eigenvalue weighted by atomic mass is 32.2. The third kappa shape index (κ3) is 2.26. The van der Waals surface area contributed by atoms with E-state index in [4.69, 9.17) is 5.73 Å². The average molecular weight is 232 g/mol. The van der Waals surface area contributed by atoms with Gasteiger partial charge >= 0.3 is 0 Å². The van der Waals surface area contributed by atoms with Gasteiger partial charge in [-0.3, -0.25) is 0 Å². The summed E-state index contributed by atoms with van der Waals surface area (Å²) in [5, 5.41) is 1.63. The molecule has 0 bridgehead atoms. The van der Waals surface area contributed by atoms with Gasteiger partial charge in [-0.25, -0.2) is 13.1 Å². The molecule has 0 aromatic carbocycles. The van der Waals surface area contributed by atoms with E-state index in [-0.39, 0.29) is 0 Å². The molecular formula is C8H12N2O2S2. The molecule has 2 rings (SSSR count). The molecule has 1 fully saturated rings. The summed E-state index contributed by atoms with van der Waals surface area (Å²) in [6.45, 7) is 0.556. The molecule has 0 saturated heterocycles. The van der Waals surface area contributed by atoms with Gasteiger partial charge in [0.2, 0.25) is 10.0 Å². The maximum atomic E-state index is 11.6. The predicted molar refractivity (Wildman–Crippen MR) is 56.6 cm³/mol. The Kier molecular flexibility index (Phi) is 2.50. The topological polar surface area (TPSA) is 72.2 Å². The fraction of sp³-hybridized carbons (Fsp3) is 0.500. The largest absolute Gasteiger partial charge is 0.398 e. The molecule has 78 valence electrons. The highest BCUT2D eigenvalue weighted by molar-refractivity contribution is 7.91. The molecule has 0 atom stereocenters. The van der Waals surface area contributed by atoms with Crippen molar-refractivity contribution in [1.82, 2.24) is 4.72 Å². The lowest BCUT2D eigenvalue weighted by atomic mass is 10.4. The monoisotopic (exact) mass is 232 g/mol. The van der Waals surface area contributed by atoms with Crippen LogP contribution in [0.5, 0.6) is 0 Å². The third-order valence-corrected chi connectivity index (χ3v) is 5.00. The molecule has 1 heterocycles. The molecular weight excluding hydrogens is 220 g/mol. The molecule has 1 aliphatic carbocycles. The summed E-state index contributed by atoms with van der Waals surface area (Å²) in [7, 11) is -3.31. The van der Waals surface area contributed by atoms with Gasteiger partial charge in [0, 0.05) is 17.6 Å². The van der Waals surface area contributed by atoms with Crippen molar-refractivity contribution in [3.8, 4) is 0 Å². The van der Waals surface area contributed by atoms with E-state index in [9.17, 15) is 8.42 Å². The smallest absolute Gasteiger partial charge is 0.250 e. The molecule has 1 saturated carbocycles. The minimum absolute atomic E-state index is 0.302. The van der Waals surface area contributed by atoms with Crippen LogP contribution in [0.2, 0.25) is 0 Å². The van der Waals surface area contributed by atoms with Crippen LogP contribution in [-0.2, 0) is 10.0 Å². The van der Waals surface area contributed by atoms with Crippen LogP contribution in [0.25, 0.3) is 0 Å². The van der Waals surface area contributed by atoms with E-state index in [0.717, 1.165) is 24.2 Å². The number of anilines is 1. The minimum atomic E-state index is -3.31. The Balaban J connectivity index is 2.06. The zero-order valence-electron chi connectivity index (χ0n) is 7.56. The normalized spacial score (nSPS) is 17.1. The van der Waals surface area contributed by atoms with Gasteiger partial charge in [-0.1, -0.05) is 0 Å². The minimum Gasteiger partial charge on any atom is -0.398 e. The van der Waals surface area contributed by atoms with Crippen molar-refractivity contribution >= 4 is 27.0 Å². The number of nitrogens with one attached hydrogen (secondary N) is 1. The lowest BCUT2D eigenvalue weighted by Gasteiger charge is -2.02. The molecule has 4 nitrogen and oxygen atoms in total. The van der Waals surface area contributed by atoms with Gasteiger partial charge in [0.25, 0.3) is 0 Å². The van der Waals surface area contributed by atoms with Crippen molar-refractivity contribution < 1.29 is 8.42 Å². The van der Waals surface area contributed by atoms with Crippen LogP contribution >= 0.6 is 11.3 Å². The Hall–Kier alpha value is -0.590. The van der Waals surface area contributed by atoms with Gasteiger partial charge in [0.05, 0.1) is 0 Å². The zero-order valence-corrected chi connectivity index (χ0v) is 9.20. The summed E-state index contributed by atoms with van der Waals surface area (Å²) in [5.41, 5.74) is 5.96. The number of hydrogen-bond donors (Lipinski definition) is 2. The van der Waals surface area contributed by atoms with Crippen LogP contribution < -0.4 is 10.5 Å². The van der Waals surface area contributed by atoms with Crippen molar-refractivity contribution in [2.24, 2.45) is 5.92 Å². The molecule has 0 amide bonds. The summed E-state index contributed by atoms with van der Waals surface area (Å²) in [5.74, 6) is 0.544. The van der Waals surface area contributed by atoms with Gasteiger partial charge in [0.1, 0.15) is 4.21 Å². The van der Waals surface area contributed by atoms with E-state index in [1.165, 1.54) is 6.07 Å². The van der Waals surface area contributed by atoms with Crippen LogP contribution in [0.15, 0.2) is 15.7 Å². The Bertz CT molecular complexity index is 420. The van der Waals surface area contributed by atoms with E-state index < -0.39 is 10.0 Å². The molecule has 0 aliphatic heterocycles. The van der Waals surface area contributed by atoms with E-state index in [1.807, 2.05) is 0 Å². The van der Waals surface area contributed by atoms with Gasteiger partial charge in [-0.15, -0.1) is 11.3 Å². The number of nitrogens with two attached hydrogens (primary N) is 1. The van der Waals surface area contributed by atoms with E-state index >= 15 is 0 Å². The summed E-state index contributed by atoms with van der Waals surface area (Å²) in [4.78, 5) is 0. The fourth-order valence-corrected chi connectivity index (χ4v) is 3.33. The van der Waals surface area contributed by atoms with Gasteiger partial charge in [-0.2, -0.15) is 0 Å². The standard InChI is InChI=1S/C8H12N2O2S2/c9-7-3-8(13-5-7)14(11,12)10-4-6-1-2-6/h3,5-6,10H,1-2,4,9H2. The Morgan fingerprint density at radius 3 is 2.79 bits per heavy atom. The number of thiophene rings is 1. The summed E-state index contributed by atoms with van der Waals surface area (Å²) < 4.78 is 26.1. The molecule has 0 spiro atoms. The zero-order chi connectivity index (χ0) is 10.2. The summed E-state index contributed by atoms with van der Waals surface area (Å²) >= 11 is 1.15. The van der Waals surface area contributed by atoms with Gasteiger partial charge in [0.15, 0.2) is 0 Å². The summed E-state index contributed by atoms with van der Waals surface area (Å²) in [6, 6.07) is 1.49. The van der Waals surface area contributed by atoms with Crippen molar-refractivity contribution in [3.63, 3.8) is 0 Å². The Morgan fingerprint density at radius 2 is 2.29 bits per heavy atom. The molecule has 3 N–H and O–H groups in total. The van der Waals surface area contributed by atoms with Gasteiger partial charge in [-0.05, 0) is 24.8 Å². The van der Waals surface area contributed by atoms with Crippen molar-refractivity contribution in [3.05, 3.63) is 11.4 Å². The SMILES string of the molecule is Nc1csc(S(=O)(=O)NCC2CC2)c1. The van der Waals surface area contributed by atoms with Crippen molar-refractivity contribution in [2.45, 2.75) is 17.1 Å². The second kappa shape index (κ2) is 3.52. The quantitative estimate of drug-likeness (QED) is 0.814. The second-order valence-corrected chi connectivity index (χ2v) is 6.40. The molecule has 6 heteroatoms. The third-order valence-electron chi connectivity index (χ3n) is 2.12. The maximum absolute atomic E-state index is 11.6. The molecule has 14 heavy (non-hydrogen) atoms. The molecule has 1 aromatic rings. The molecule has 1 aliphatic rings. The summed E-state index contributed by atoms with van der Waals surface area (Å²) in [6.07, 6.45) is 2.27. The van der Waals surface area contributed by atoms with Crippen LogP contribution in [0.3, 0.4) is 0 Å². The second-order valence-electron chi connectivity index (χ2n) is 3.49. The van der Waals surface area contributed by atoms with Crippen molar-refractivity contribution in [1.29, 1.82) is 0 Å². The van der Waals surface area contributed by atoms with Crippen LogP contribution in [0.4, 0.5) is 5.69 Å². The van der Waals surface area contributed by atoms with E-state index in [1.54, 1.807) is 5.38 Å². The number of nitrogen functional groups attached to an aromatic ring is 1. The van der Waals surface area contributed by atoms with Crippen LogP contribution in [0, 0.1) is 5.92 Å². The highest BCUT2D eigenvalue weighted by Crippen LogP contribution is 2.28. The number of rotatable bonds is 4. The van der Waals surface area contributed by atoms with Crippen molar-refractivity contribution in [2.75, 3.05) is 12.3 Å². The molecule has 1 aromatic heterocycles. The maximum Gasteiger partial charge on any atom is 0.250 e. The first-order valence-corrected chi connectivity index (χ1v) is 6.78.